The highest BCUT2D eigenvalue weighted by atomic mass is 19.4. The third-order valence-electron chi connectivity index (χ3n) is 4.62. The van der Waals surface area contributed by atoms with Gasteiger partial charge in [0.25, 0.3) is 0 Å². The van der Waals surface area contributed by atoms with Crippen LogP contribution in [0.15, 0.2) is 54.7 Å². The molecule has 176 valence electrons. The van der Waals surface area contributed by atoms with E-state index in [9.17, 15) is 13.2 Å². The SMILES string of the molecule is CC(C)COc1ccc(Nc2ncc(C(F)(F)F)c(Nc3cccc(CC(C)C)c3)n2)cc1. The molecule has 0 atom stereocenters. The van der Waals surface area contributed by atoms with Crippen molar-refractivity contribution in [3.63, 3.8) is 0 Å². The maximum atomic E-state index is 13.6. The van der Waals surface area contributed by atoms with Gasteiger partial charge in [0.1, 0.15) is 17.1 Å². The average Bonchev–Trinajstić information content (AvgIpc) is 2.72. The molecule has 0 amide bonds. The molecule has 3 rings (SSSR count). The van der Waals surface area contributed by atoms with Crippen LogP contribution in [0.5, 0.6) is 5.75 Å². The predicted octanol–water partition coefficient (Wildman–Crippen LogP) is 7.22. The Morgan fingerprint density at radius 2 is 1.64 bits per heavy atom. The fraction of sp³-hybridized carbons (Fsp3) is 0.360. The van der Waals surface area contributed by atoms with E-state index in [1.165, 1.54) is 0 Å². The van der Waals surface area contributed by atoms with Crippen LogP contribution in [0.25, 0.3) is 0 Å². The van der Waals surface area contributed by atoms with Crippen LogP contribution in [0.3, 0.4) is 0 Å². The number of aromatic nitrogens is 2. The van der Waals surface area contributed by atoms with Crippen LogP contribution in [0.1, 0.15) is 38.8 Å². The Bertz CT molecular complexity index is 1050. The first kappa shape index (κ1) is 24.4. The summed E-state index contributed by atoms with van der Waals surface area (Å²) >= 11 is 0. The van der Waals surface area contributed by atoms with Crippen LogP contribution >= 0.6 is 0 Å². The Hall–Kier alpha value is -3.29. The van der Waals surface area contributed by atoms with E-state index < -0.39 is 11.7 Å². The van der Waals surface area contributed by atoms with Gasteiger partial charge in [0.15, 0.2) is 0 Å². The van der Waals surface area contributed by atoms with E-state index in [1.807, 2.05) is 18.2 Å². The van der Waals surface area contributed by atoms with Crippen molar-refractivity contribution >= 4 is 23.1 Å². The van der Waals surface area contributed by atoms with E-state index in [-0.39, 0.29) is 11.8 Å². The Balaban J connectivity index is 1.82. The summed E-state index contributed by atoms with van der Waals surface area (Å²) in [5.74, 6) is 1.30. The Kier molecular flexibility index (Phi) is 7.79. The molecule has 5 nitrogen and oxygen atoms in total. The molecule has 0 aliphatic carbocycles. The van der Waals surface area contributed by atoms with Crippen LogP contribution < -0.4 is 15.4 Å². The molecule has 0 bridgehead atoms. The van der Waals surface area contributed by atoms with Crippen molar-refractivity contribution in [3.8, 4) is 5.75 Å². The van der Waals surface area contributed by atoms with Gasteiger partial charge in [0.05, 0.1) is 6.61 Å². The summed E-state index contributed by atoms with van der Waals surface area (Å²) in [6.45, 7) is 8.90. The monoisotopic (exact) mass is 458 g/mol. The molecular weight excluding hydrogens is 429 g/mol. The molecule has 2 aromatic carbocycles. The molecule has 8 heteroatoms. The van der Waals surface area contributed by atoms with Crippen LogP contribution in [0, 0.1) is 11.8 Å². The maximum absolute atomic E-state index is 13.6. The van der Waals surface area contributed by atoms with E-state index in [0.29, 0.717) is 35.6 Å². The first-order chi connectivity index (χ1) is 15.6. The van der Waals surface area contributed by atoms with Crippen LogP contribution in [0.4, 0.5) is 36.3 Å². The molecule has 0 fully saturated rings. The molecule has 1 heterocycles. The molecule has 1 aromatic heterocycles. The second-order valence-corrected chi connectivity index (χ2v) is 8.73. The number of hydrogen-bond acceptors (Lipinski definition) is 5. The fourth-order valence-electron chi connectivity index (χ4n) is 3.16. The summed E-state index contributed by atoms with van der Waals surface area (Å²) in [5, 5.41) is 5.78. The van der Waals surface area contributed by atoms with Crippen LogP contribution in [0.2, 0.25) is 0 Å². The van der Waals surface area contributed by atoms with Gasteiger partial charge >= 0.3 is 6.18 Å². The van der Waals surface area contributed by atoms with Crippen LogP contribution in [-0.2, 0) is 12.6 Å². The van der Waals surface area contributed by atoms with Gasteiger partial charge in [0.2, 0.25) is 5.95 Å². The van der Waals surface area contributed by atoms with Crippen molar-refractivity contribution in [2.75, 3.05) is 17.2 Å². The number of halogens is 3. The molecule has 0 spiro atoms. The number of nitrogens with zero attached hydrogens (tertiary/aromatic N) is 2. The quantitative estimate of drug-likeness (QED) is 0.355. The molecule has 3 aromatic rings. The molecule has 0 aliphatic rings. The standard InChI is InChI=1S/C25H29F3N4O/c1-16(2)12-18-6-5-7-20(13-18)30-23-22(25(26,27)28)14-29-24(32-23)31-19-8-10-21(11-9-19)33-15-17(3)4/h5-11,13-14,16-17H,12,15H2,1-4H3,(H2,29,30,31,32). The van der Waals surface area contributed by atoms with E-state index in [0.717, 1.165) is 18.2 Å². The van der Waals surface area contributed by atoms with E-state index in [2.05, 4.69) is 48.3 Å². The lowest BCUT2D eigenvalue weighted by Gasteiger charge is -2.16. The zero-order valence-electron chi connectivity index (χ0n) is 19.2. The molecule has 0 saturated carbocycles. The summed E-state index contributed by atoms with van der Waals surface area (Å²) < 4.78 is 46.4. The average molecular weight is 459 g/mol. The maximum Gasteiger partial charge on any atom is 0.421 e. The summed E-state index contributed by atoms with van der Waals surface area (Å²) in [6.07, 6.45) is -2.98. The molecular formula is C25H29F3N4O. The lowest BCUT2D eigenvalue weighted by molar-refractivity contribution is -0.137. The van der Waals surface area contributed by atoms with Crippen molar-refractivity contribution in [1.29, 1.82) is 0 Å². The molecule has 0 radical (unpaired) electrons. The number of rotatable bonds is 9. The van der Waals surface area contributed by atoms with Crippen molar-refractivity contribution in [1.82, 2.24) is 9.97 Å². The van der Waals surface area contributed by atoms with Gasteiger partial charge in [-0.2, -0.15) is 18.2 Å². The first-order valence-electron chi connectivity index (χ1n) is 10.9. The number of anilines is 4. The number of benzene rings is 2. The molecule has 2 N–H and O–H groups in total. The van der Waals surface area contributed by atoms with Gasteiger partial charge in [-0.05, 0) is 60.2 Å². The zero-order chi connectivity index (χ0) is 24.0. The van der Waals surface area contributed by atoms with Crippen molar-refractivity contribution in [2.24, 2.45) is 11.8 Å². The second-order valence-electron chi connectivity index (χ2n) is 8.73. The zero-order valence-corrected chi connectivity index (χ0v) is 19.2. The molecule has 33 heavy (non-hydrogen) atoms. The van der Waals surface area contributed by atoms with Gasteiger partial charge in [-0.1, -0.05) is 39.8 Å². The topological polar surface area (TPSA) is 59.1 Å². The Morgan fingerprint density at radius 1 is 0.909 bits per heavy atom. The van der Waals surface area contributed by atoms with E-state index in [4.69, 9.17) is 4.74 Å². The molecule has 0 unspecified atom stereocenters. The lowest BCUT2D eigenvalue weighted by atomic mass is 10.0. The normalized spacial score (nSPS) is 11.7. The van der Waals surface area contributed by atoms with Gasteiger partial charge in [-0.3, -0.25) is 0 Å². The largest absolute Gasteiger partial charge is 0.493 e. The highest BCUT2D eigenvalue weighted by molar-refractivity contribution is 5.63. The summed E-state index contributed by atoms with van der Waals surface area (Å²) in [6, 6.07) is 14.4. The minimum atomic E-state index is -4.59. The van der Waals surface area contributed by atoms with Gasteiger partial charge in [-0.25, -0.2) is 4.98 Å². The van der Waals surface area contributed by atoms with Gasteiger partial charge in [0, 0.05) is 17.6 Å². The Morgan fingerprint density at radius 3 is 2.27 bits per heavy atom. The Labute approximate surface area is 192 Å². The van der Waals surface area contributed by atoms with E-state index >= 15 is 0 Å². The van der Waals surface area contributed by atoms with Gasteiger partial charge in [-0.15, -0.1) is 0 Å². The van der Waals surface area contributed by atoms with E-state index in [1.54, 1.807) is 30.3 Å². The smallest absolute Gasteiger partial charge is 0.421 e. The van der Waals surface area contributed by atoms with Crippen molar-refractivity contribution in [3.05, 3.63) is 65.9 Å². The summed E-state index contributed by atoms with van der Waals surface area (Å²) in [5.41, 5.74) is 1.28. The summed E-state index contributed by atoms with van der Waals surface area (Å²) in [4.78, 5) is 7.99. The second kappa shape index (κ2) is 10.6. The van der Waals surface area contributed by atoms with Crippen molar-refractivity contribution < 1.29 is 17.9 Å². The van der Waals surface area contributed by atoms with Gasteiger partial charge < -0.3 is 15.4 Å². The highest BCUT2D eigenvalue weighted by Gasteiger charge is 2.35. The number of hydrogen-bond donors (Lipinski definition) is 2. The summed E-state index contributed by atoms with van der Waals surface area (Å²) in [7, 11) is 0. The first-order valence-corrected chi connectivity index (χ1v) is 10.9. The molecule has 0 aliphatic heterocycles. The predicted molar refractivity (Wildman–Crippen MR) is 125 cm³/mol. The number of ether oxygens (including phenoxy) is 1. The lowest BCUT2D eigenvalue weighted by Crippen LogP contribution is -2.12. The number of alkyl halides is 3. The minimum absolute atomic E-state index is 0.0553. The van der Waals surface area contributed by atoms with Crippen LogP contribution in [-0.4, -0.2) is 16.6 Å². The fourth-order valence-corrected chi connectivity index (χ4v) is 3.16. The molecule has 0 saturated heterocycles. The highest BCUT2D eigenvalue weighted by Crippen LogP contribution is 2.35. The third kappa shape index (κ3) is 7.37. The van der Waals surface area contributed by atoms with Crippen molar-refractivity contribution in [2.45, 2.75) is 40.3 Å². The third-order valence-corrected chi connectivity index (χ3v) is 4.62. The minimum Gasteiger partial charge on any atom is -0.493 e. The number of nitrogens with one attached hydrogen (secondary N) is 2.